The van der Waals surface area contributed by atoms with Crippen molar-refractivity contribution in [3.8, 4) is 0 Å². The van der Waals surface area contributed by atoms with E-state index < -0.39 is 0 Å². The predicted molar refractivity (Wildman–Crippen MR) is 76.4 cm³/mol. The van der Waals surface area contributed by atoms with Gasteiger partial charge in [-0.05, 0) is 36.9 Å². The summed E-state index contributed by atoms with van der Waals surface area (Å²) in [5, 5.41) is 5.20. The van der Waals surface area contributed by atoms with Crippen LogP contribution >= 0.6 is 0 Å². The van der Waals surface area contributed by atoms with Crippen molar-refractivity contribution in [3.63, 3.8) is 0 Å². The third kappa shape index (κ3) is 2.27. The number of hydroxylamine groups is 2. The number of likely N-dealkylation sites (N-methyl/N-ethyl adjacent to an activating group) is 1. The number of rotatable bonds is 3. The number of ketones is 1. The zero-order valence-corrected chi connectivity index (χ0v) is 12.0. The Morgan fingerprint density at radius 2 is 2.35 bits per heavy atom. The lowest BCUT2D eigenvalue weighted by Crippen LogP contribution is -2.56. The van der Waals surface area contributed by atoms with Crippen molar-refractivity contribution < 1.29 is 9.63 Å². The maximum absolute atomic E-state index is 11.8. The van der Waals surface area contributed by atoms with E-state index in [0.717, 1.165) is 12.0 Å². The molecule has 0 bridgehead atoms. The van der Waals surface area contributed by atoms with Gasteiger partial charge in [-0.1, -0.05) is 13.0 Å². The summed E-state index contributed by atoms with van der Waals surface area (Å²) in [6.07, 6.45) is 9.59. The number of allylic oxidation sites excluding steroid dienone is 2. The van der Waals surface area contributed by atoms with Gasteiger partial charge < -0.3 is 5.32 Å². The molecule has 3 aliphatic heterocycles. The first-order valence-corrected chi connectivity index (χ1v) is 7.17. The third-order valence-corrected chi connectivity index (χ3v) is 3.88. The molecule has 108 valence electrons. The van der Waals surface area contributed by atoms with Crippen LogP contribution < -0.4 is 5.32 Å². The minimum atomic E-state index is 0.0240. The number of dihydropyridines is 1. The minimum absolute atomic E-state index is 0.0240. The van der Waals surface area contributed by atoms with E-state index in [0.29, 0.717) is 19.6 Å². The fraction of sp³-hybridized carbons (Fsp3) is 0.533. The SMILES string of the molecule is CCCON1C=C2CC(=O)CN(C)C2C2=CC=CNC21. The molecular weight excluding hydrogens is 254 g/mol. The second-order valence-electron chi connectivity index (χ2n) is 5.53. The molecule has 1 fully saturated rings. The van der Waals surface area contributed by atoms with Crippen LogP contribution in [0.4, 0.5) is 0 Å². The van der Waals surface area contributed by atoms with Crippen LogP contribution in [-0.4, -0.2) is 48.2 Å². The molecule has 0 aromatic rings. The van der Waals surface area contributed by atoms with E-state index >= 15 is 0 Å². The molecule has 3 rings (SSSR count). The van der Waals surface area contributed by atoms with E-state index in [-0.39, 0.29) is 18.0 Å². The zero-order valence-electron chi connectivity index (χ0n) is 12.0. The van der Waals surface area contributed by atoms with E-state index in [9.17, 15) is 4.79 Å². The lowest BCUT2D eigenvalue weighted by Gasteiger charge is -2.46. The molecule has 3 heterocycles. The average molecular weight is 275 g/mol. The minimum Gasteiger partial charge on any atom is -0.366 e. The van der Waals surface area contributed by atoms with Crippen molar-refractivity contribution in [2.24, 2.45) is 0 Å². The molecule has 0 aromatic carbocycles. The number of fused-ring (bicyclic) bond motifs is 3. The Labute approximate surface area is 119 Å². The molecule has 0 aliphatic carbocycles. The monoisotopic (exact) mass is 275 g/mol. The molecule has 2 unspecified atom stereocenters. The van der Waals surface area contributed by atoms with Crippen LogP contribution in [0.1, 0.15) is 19.8 Å². The summed E-state index contributed by atoms with van der Waals surface area (Å²) in [6, 6.07) is 0.205. The topological polar surface area (TPSA) is 44.8 Å². The number of likely N-dealkylation sites (tertiary alicyclic amines) is 1. The summed E-state index contributed by atoms with van der Waals surface area (Å²) in [5.74, 6) is 0.267. The van der Waals surface area contributed by atoms with E-state index in [4.69, 9.17) is 4.84 Å². The summed E-state index contributed by atoms with van der Waals surface area (Å²) in [4.78, 5) is 19.7. The van der Waals surface area contributed by atoms with Gasteiger partial charge in [-0.25, -0.2) is 5.06 Å². The maximum Gasteiger partial charge on any atom is 0.151 e. The van der Waals surface area contributed by atoms with E-state index in [1.807, 2.05) is 30.6 Å². The number of hydrogen-bond acceptors (Lipinski definition) is 5. The Morgan fingerprint density at radius 1 is 1.50 bits per heavy atom. The summed E-state index contributed by atoms with van der Waals surface area (Å²) in [6.45, 7) is 3.28. The van der Waals surface area contributed by atoms with Crippen LogP contribution in [-0.2, 0) is 9.63 Å². The molecule has 1 N–H and O–H groups in total. The zero-order chi connectivity index (χ0) is 14.1. The summed E-state index contributed by atoms with van der Waals surface area (Å²) in [5.41, 5.74) is 2.37. The van der Waals surface area contributed by atoms with Crippen LogP contribution in [0.5, 0.6) is 0 Å². The summed E-state index contributed by atoms with van der Waals surface area (Å²) in [7, 11) is 2.01. The number of piperidine rings is 1. The highest BCUT2D eigenvalue weighted by molar-refractivity contribution is 5.85. The molecule has 0 radical (unpaired) electrons. The van der Waals surface area contributed by atoms with E-state index in [2.05, 4.69) is 23.2 Å². The predicted octanol–water partition coefficient (Wildman–Crippen LogP) is 1.17. The number of nitrogens with one attached hydrogen (secondary N) is 1. The first-order chi connectivity index (χ1) is 9.70. The van der Waals surface area contributed by atoms with Crippen molar-refractivity contribution in [1.29, 1.82) is 0 Å². The van der Waals surface area contributed by atoms with Gasteiger partial charge in [0.25, 0.3) is 0 Å². The lowest BCUT2D eigenvalue weighted by atomic mass is 9.85. The summed E-state index contributed by atoms with van der Waals surface area (Å²) >= 11 is 0. The van der Waals surface area contributed by atoms with Crippen molar-refractivity contribution >= 4 is 5.78 Å². The second kappa shape index (κ2) is 5.42. The van der Waals surface area contributed by atoms with Crippen LogP contribution in [0.15, 0.2) is 35.7 Å². The maximum atomic E-state index is 11.8. The molecule has 0 saturated carbocycles. The fourth-order valence-corrected chi connectivity index (χ4v) is 3.12. The van der Waals surface area contributed by atoms with Gasteiger partial charge >= 0.3 is 0 Å². The molecule has 0 spiro atoms. The van der Waals surface area contributed by atoms with Crippen molar-refractivity contribution in [1.82, 2.24) is 15.3 Å². The van der Waals surface area contributed by atoms with Crippen LogP contribution in [0.2, 0.25) is 0 Å². The van der Waals surface area contributed by atoms with Crippen molar-refractivity contribution in [2.75, 3.05) is 20.2 Å². The number of carbonyl (C=O) groups is 1. The van der Waals surface area contributed by atoms with Gasteiger partial charge in [-0.2, -0.15) is 0 Å². The molecule has 1 saturated heterocycles. The molecule has 20 heavy (non-hydrogen) atoms. The first kappa shape index (κ1) is 13.4. The molecule has 0 amide bonds. The Kier molecular flexibility index (Phi) is 3.63. The molecule has 3 aliphatic rings. The molecule has 5 heteroatoms. The number of nitrogens with zero attached hydrogens (tertiary/aromatic N) is 2. The van der Waals surface area contributed by atoms with E-state index in [1.54, 1.807) is 0 Å². The van der Waals surface area contributed by atoms with Gasteiger partial charge in [0.2, 0.25) is 0 Å². The number of hydrogen-bond donors (Lipinski definition) is 1. The lowest BCUT2D eigenvalue weighted by molar-refractivity contribution is -0.152. The Morgan fingerprint density at radius 3 is 3.15 bits per heavy atom. The third-order valence-electron chi connectivity index (χ3n) is 3.88. The molecule has 0 aromatic heterocycles. The highest BCUT2D eigenvalue weighted by Crippen LogP contribution is 2.34. The van der Waals surface area contributed by atoms with Gasteiger partial charge in [0.1, 0.15) is 6.17 Å². The first-order valence-electron chi connectivity index (χ1n) is 7.17. The van der Waals surface area contributed by atoms with Gasteiger partial charge in [0.05, 0.1) is 19.2 Å². The Bertz CT molecular complexity index is 495. The van der Waals surface area contributed by atoms with Crippen LogP contribution in [0, 0.1) is 0 Å². The fourth-order valence-electron chi connectivity index (χ4n) is 3.12. The largest absolute Gasteiger partial charge is 0.366 e. The van der Waals surface area contributed by atoms with Crippen LogP contribution in [0.25, 0.3) is 0 Å². The van der Waals surface area contributed by atoms with Crippen molar-refractivity contribution in [3.05, 3.63) is 35.7 Å². The highest BCUT2D eigenvalue weighted by atomic mass is 16.7. The normalized spacial score (nSPS) is 29.3. The van der Waals surface area contributed by atoms with Gasteiger partial charge in [0, 0.05) is 12.6 Å². The number of carbonyl (C=O) groups excluding carboxylic acids is 1. The van der Waals surface area contributed by atoms with Crippen LogP contribution in [0.3, 0.4) is 0 Å². The smallest absolute Gasteiger partial charge is 0.151 e. The Balaban J connectivity index is 1.94. The number of Topliss-reactive ketones (excluding diaryl/α,β-unsaturated/α-hetero) is 1. The van der Waals surface area contributed by atoms with E-state index in [1.165, 1.54) is 5.57 Å². The standard InChI is InChI=1S/C15H21N3O2/c1-3-7-20-18-9-11-8-12(19)10-17(2)14(11)13-5-4-6-16-15(13)18/h4-6,9,14-16H,3,7-8,10H2,1-2H3. The van der Waals surface area contributed by atoms with Gasteiger partial charge in [0.15, 0.2) is 5.78 Å². The summed E-state index contributed by atoms with van der Waals surface area (Å²) < 4.78 is 0. The molecule has 5 nitrogen and oxygen atoms in total. The van der Waals surface area contributed by atoms with Gasteiger partial charge in [-0.3, -0.25) is 14.5 Å². The van der Waals surface area contributed by atoms with Crippen molar-refractivity contribution in [2.45, 2.75) is 32.0 Å². The second-order valence-corrected chi connectivity index (χ2v) is 5.53. The average Bonchev–Trinajstić information content (AvgIpc) is 2.43. The molecule has 2 atom stereocenters. The Hall–Kier alpha value is -1.59. The highest BCUT2D eigenvalue weighted by Gasteiger charge is 2.40. The quantitative estimate of drug-likeness (QED) is 0.837. The molecular formula is C15H21N3O2. The van der Waals surface area contributed by atoms with Gasteiger partial charge in [-0.15, -0.1) is 0 Å².